The minimum Gasteiger partial charge on any atom is -0.508 e. The van der Waals surface area contributed by atoms with E-state index in [-0.39, 0.29) is 69.2 Å². The molecule has 9 N–H and O–H groups in total. The van der Waals surface area contributed by atoms with Gasteiger partial charge in [-0.1, -0.05) is 0 Å². The highest BCUT2D eigenvalue weighted by molar-refractivity contribution is 6.21. The van der Waals surface area contributed by atoms with E-state index < -0.39 is 0 Å². The van der Waals surface area contributed by atoms with Crippen molar-refractivity contribution in [3.05, 3.63) is 48.0 Å². The first-order valence-corrected chi connectivity index (χ1v) is 10.8. The smallest absolute Gasteiger partial charge is 0.137 e. The van der Waals surface area contributed by atoms with Crippen LogP contribution in [0.25, 0.3) is 21.5 Å². The average molecular weight is 466 g/mol. The number of phenols is 6. The second kappa shape index (κ2) is 9.32. The minimum atomic E-state index is -0.329. The highest BCUT2D eigenvalue weighted by Gasteiger charge is 2.23. The second-order valence-corrected chi connectivity index (χ2v) is 7.96. The largest absolute Gasteiger partial charge is 0.508 e. The Morgan fingerprint density at radius 1 is 0.588 bits per heavy atom. The van der Waals surface area contributed by atoms with E-state index in [4.69, 9.17) is 0 Å². The lowest BCUT2D eigenvalue weighted by Gasteiger charge is -2.19. The lowest BCUT2D eigenvalue weighted by molar-refractivity contribution is 0.311. The highest BCUT2D eigenvalue weighted by Crippen LogP contribution is 2.52. The molecule has 4 rings (SSSR count). The molecule has 9 nitrogen and oxygen atoms in total. The summed E-state index contributed by atoms with van der Waals surface area (Å²) >= 11 is 0. The number of hydrogen-bond donors (Lipinski definition) is 9. The highest BCUT2D eigenvalue weighted by atomic mass is 16.3. The van der Waals surface area contributed by atoms with Crippen molar-refractivity contribution >= 4 is 32.9 Å². The van der Waals surface area contributed by atoms with Crippen molar-refractivity contribution in [2.75, 3.05) is 30.3 Å². The molecule has 0 aliphatic rings. The third-order valence-corrected chi connectivity index (χ3v) is 5.74. The SMILES string of the molecule is OCCNc1ccc(NCCCc2cc(O)ccc2O)c2c(O)c3c(O)ccc(O)c3c(O)c12. The van der Waals surface area contributed by atoms with Gasteiger partial charge in [0.2, 0.25) is 0 Å². The lowest BCUT2D eigenvalue weighted by Crippen LogP contribution is -2.08. The van der Waals surface area contributed by atoms with Crippen molar-refractivity contribution in [2.45, 2.75) is 12.8 Å². The van der Waals surface area contributed by atoms with Gasteiger partial charge in [0.05, 0.1) is 28.2 Å². The number of aryl methyl sites for hydroxylation is 1. The maximum Gasteiger partial charge on any atom is 0.137 e. The van der Waals surface area contributed by atoms with Gasteiger partial charge in [-0.25, -0.2) is 0 Å². The van der Waals surface area contributed by atoms with Gasteiger partial charge in [0.25, 0.3) is 0 Å². The Balaban J connectivity index is 1.75. The molecule has 0 saturated heterocycles. The molecule has 0 bridgehead atoms. The zero-order valence-electron chi connectivity index (χ0n) is 18.2. The van der Waals surface area contributed by atoms with Crippen LogP contribution < -0.4 is 10.6 Å². The zero-order chi connectivity index (χ0) is 24.4. The number of aromatic hydroxyl groups is 6. The van der Waals surface area contributed by atoms with Crippen molar-refractivity contribution in [3.63, 3.8) is 0 Å². The van der Waals surface area contributed by atoms with Crippen LogP contribution in [0.1, 0.15) is 12.0 Å². The molecule has 4 aromatic rings. The van der Waals surface area contributed by atoms with Gasteiger partial charge in [0, 0.05) is 24.5 Å². The first-order chi connectivity index (χ1) is 16.3. The third kappa shape index (κ3) is 4.08. The molecule has 0 aliphatic heterocycles. The van der Waals surface area contributed by atoms with E-state index in [2.05, 4.69) is 10.6 Å². The van der Waals surface area contributed by atoms with E-state index in [9.17, 15) is 35.7 Å². The summed E-state index contributed by atoms with van der Waals surface area (Å²) in [6.45, 7) is 0.465. The van der Waals surface area contributed by atoms with E-state index in [0.29, 0.717) is 36.3 Å². The van der Waals surface area contributed by atoms with Crippen molar-refractivity contribution in [2.24, 2.45) is 0 Å². The Bertz CT molecular complexity index is 1370. The molecule has 0 spiro atoms. The van der Waals surface area contributed by atoms with Crippen LogP contribution in [0.15, 0.2) is 42.5 Å². The second-order valence-electron chi connectivity index (χ2n) is 7.96. The molecule has 0 aliphatic carbocycles. The Kier molecular flexibility index (Phi) is 6.29. The molecule has 0 heterocycles. The maximum atomic E-state index is 11.1. The quantitative estimate of drug-likeness (QED) is 0.107. The predicted molar refractivity (Wildman–Crippen MR) is 130 cm³/mol. The molecule has 178 valence electrons. The molecule has 0 radical (unpaired) electrons. The Hall–Kier alpha value is -4.24. The van der Waals surface area contributed by atoms with Crippen molar-refractivity contribution in [1.29, 1.82) is 0 Å². The van der Waals surface area contributed by atoms with Crippen LogP contribution in [-0.2, 0) is 6.42 Å². The summed E-state index contributed by atoms with van der Waals surface area (Å²) in [6, 6.07) is 10.1. The standard InChI is InChI=1S/C25H26N2O7/c28-11-10-27-16-5-4-15(26-9-1-2-13-12-14(29)3-6-17(13)30)20-21(16)25(34)23-19(32)8-7-18(31)22(23)24(20)33/h3-8,12,26-34H,1-2,9-11H2. The van der Waals surface area contributed by atoms with E-state index in [1.807, 2.05) is 0 Å². The number of anilines is 2. The lowest BCUT2D eigenvalue weighted by atomic mass is 9.96. The maximum absolute atomic E-state index is 11.1. The summed E-state index contributed by atoms with van der Waals surface area (Å²) in [4.78, 5) is 0. The van der Waals surface area contributed by atoms with E-state index in [1.54, 1.807) is 12.1 Å². The van der Waals surface area contributed by atoms with Crippen LogP contribution in [0.5, 0.6) is 34.5 Å². The number of aliphatic hydroxyl groups excluding tert-OH is 1. The molecular weight excluding hydrogens is 440 g/mol. The summed E-state index contributed by atoms with van der Waals surface area (Å²) in [7, 11) is 0. The van der Waals surface area contributed by atoms with Crippen LogP contribution in [0, 0.1) is 0 Å². The van der Waals surface area contributed by atoms with Crippen LogP contribution >= 0.6 is 0 Å². The molecule has 0 unspecified atom stereocenters. The van der Waals surface area contributed by atoms with Crippen molar-refractivity contribution in [3.8, 4) is 34.5 Å². The third-order valence-electron chi connectivity index (χ3n) is 5.74. The Morgan fingerprint density at radius 2 is 1.12 bits per heavy atom. The molecular formula is C25H26N2O7. The van der Waals surface area contributed by atoms with E-state index >= 15 is 0 Å². The average Bonchev–Trinajstić information content (AvgIpc) is 2.82. The molecule has 0 fully saturated rings. The number of nitrogens with one attached hydrogen (secondary N) is 2. The molecule has 0 atom stereocenters. The van der Waals surface area contributed by atoms with Gasteiger partial charge in [-0.05, 0) is 60.9 Å². The number of phenolic OH excluding ortho intramolecular Hbond substituents is 6. The molecule has 0 saturated carbocycles. The summed E-state index contributed by atoms with van der Waals surface area (Å²) in [5, 5.41) is 78.1. The van der Waals surface area contributed by atoms with Gasteiger partial charge in [-0.15, -0.1) is 0 Å². The van der Waals surface area contributed by atoms with Crippen LogP contribution in [-0.4, -0.2) is 55.4 Å². The van der Waals surface area contributed by atoms with Gasteiger partial charge in [0.1, 0.15) is 34.5 Å². The van der Waals surface area contributed by atoms with Gasteiger partial charge in [0.15, 0.2) is 0 Å². The van der Waals surface area contributed by atoms with Crippen LogP contribution in [0.2, 0.25) is 0 Å². The fraction of sp³-hybridized carbons (Fsp3) is 0.200. The summed E-state index contributed by atoms with van der Waals surface area (Å²) in [6.07, 6.45) is 1.06. The van der Waals surface area contributed by atoms with Gasteiger partial charge in [-0.3, -0.25) is 0 Å². The number of fused-ring (bicyclic) bond motifs is 2. The molecule has 4 aromatic carbocycles. The number of benzene rings is 4. The molecule has 9 heteroatoms. The number of hydrogen-bond acceptors (Lipinski definition) is 9. The fourth-order valence-electron chi connectivity index (χ4n) is 4.16. The normalized spacial score (nSPS) is 11.2. The fourth-order valence-corrected chi connectivity index (χ4v) is 4.16. The van der Waals surface area contributed by atoms with E-state index in [1.165, 1.54) is 30.3 Å². The zero-order valence-corrected chi connectivity index (χ0v) is 18.2. The van der Waals surface area contributed by atoms with Gasteiger partial charge >= 0.3 is 0 Å². The topological polar surface area (TPSA) is 166 Å². The molecule has 0 aromatic heterocycles. The summed E-state index contributed by atoms with van der Waals surface area (Å²) in [5.41, 5.74) is 1.50. The van der Waals surface area contributed by atoms with Crippen molar-refractivity contribution < 1.29 is 35.7 Å². The van der Waals surface area contributed by atoms with Gasteiger partial charge < -0.3 is 46.4 Å². The summed E-state index contributed by atoms with van der Waals surface area (Å²) < 4.78 is 0. The number of aliphatic hydroxyl groups is 1. The molecule has 0 amide bonds. The predicted octanol–water partition coefficient (Wildman–Crippen LogP) is 3.68. The Morgan fingerprint density at radius 3 is 1.68 bits per heavy atom. The van der Waals surface area contributed by atoms with Crippen LogP contribution in [0.4, 0.5) is 11.4 Å². The Labute approximate surface area is 194 Å². The number of rotatable bonds is 8. The first-order valence-electron chi connectivity index (χ1n) is 10.8. The van der Waals surface area contributed by atoms with E-state index in [0.717, 1.165) is 0 Å². The first kappa shape index (κ1) is 22.9. The van der Waals surface area contributed by atoms with Gasteiger partial charge in [-0.2, -0.15) is 0 Å². The van der Waals surface area contributed by atoms with Crippen LogP contribution in [0.3, 0.4) is 0 Å². The monoisotopic (exact) mass is 466 g/mol. The minimum absolute atomic E-state index is 0.0630. The summed E-state index contributed by atoms with van der Waals surface area (Å²) in [5.74, 6) is -1.11. The molecule has 34 heavy (non-hydrogen) atoms. The van der Waals surface area contributed by atoms with Crippen molar-refractivity contribution in [1.82, 2.24) is 0 Å².